The van der Waals surface area contributed by atoms with Crippen molar-refractivity contribution in [1.29, 1.82) is 5.41 Å². The zero-order valence-electron chi connectivity index (χ0n) is 22.4. The number of fused-ring (bicyclic) bond motifs is 1. The minimum atomic E-state index is -0.223. The summed E-state index contributed by atoms with van der Waals surface area (Å²) in [4.78, 5) is 13.0. The second kappa shape index (κ2) is 10.9. The number of amides is 1. The molecule has 0 aliphatic rings. The normalized spacial score (nSPS) is 11.0. The van der Waals surface area contributed by atoms with E-state index < -0.39 is 0 Å². The van der Waals surface area contributed by atoms with Crippen LogP contribution in [0, 0.1) is 5.41 Å². The highest BCUT2D eigenvalue weighted by Crippen LogP contribution is 2.30. The Hall–Kier alpha value is -5.56. The fourth-order valence-electron chi connectivity index (χ4n) is 5.06. The van der Waals surface area contributed by atoms with Crippen molar-refractivity contribution in [2.75, 3.05) is 12.4 Å². The molecule has 0 fully saturated rings. The van der Waals surface area contributed by atoms with E-state index in [1.807, 2.05) is 94.1 Å². The number of imidazole rings is 1. The monoisotopic (exact) mass is 540 g/mol. The molecule has 0 aliphatic carbocycles. The van der Waals surface area contributed by atoms with E-state index in [1.165, 1.54) is 0 Å². The Bertz CT molecular complexity index is 1940. The maximum atomic E-state index is 13.0. The topological polar surface area (TPSA) is 92.3 Å². The molecule has 3 N–H and O–H groups in total. The van der Waals surface area contributed by atoms with Gasteiger partial charge in [-0.3, -0.25) is 14.8 Å². The second-order valence-electron chi connectivity index (χ2n) is 9.64. The van der Waals surface area contributed by atoms with Crippen molar-refractivity contribution in [2.45, 2.75) is 6.54 Å². The predicted molar refractivity (Wildman–Crippen MR) is 161 cm³/mol. The van der Waals surface area contributed by atoms with E-state index in [0.29, 0.717) is 29.2 Å². The average Bonchev–Trinajstić information content (AvgIpc) is 3.29. The molecule has 0 saturated carbocycles. The highest BCUT2D eigenvalue weighted by molar-refractivity contribution is 6.06. The summed E-state index contributed by atoms with van der Waals surface area (Å²) in [6.07, 6.45) is 0. The summed E-state index contributed by atoms with van der Waals surface area (Å²) >= 11 is 0. The van der Waals surface area contributed by atoms with E-state index in [2.05, 4.69) is 5.32 Å². The fourth-order valence-corrected chi connectivity index (χ4v) is 5.06. The largest absolute Gasteiger partial charge is 0.508 e. The van der Waals surface area contributed by atoms with Crippen LogP contribution in [-0.4, -0.2) is 27.3 Å². The molecule has 202 valence electrons. The summed E-state index contributed by atoms with van der Waals surface area (Å²) in [6.45, 7) is 0.372. The number of carbonyl (C=O) groups is 1. The lowest BCUT2D eigenvalue weighted by Crippen LogP contribution is -2.24. The van der Waals surface area contributed by atoms with Crippen LogP contribution in [0.2, 0.25) is 0 Å². The van der Waals surface area contributed by atoms with Gasteiger partial charge in [-0.1, -0.05) is 66.7 Å². The third-order valence-electron chi connectivity index (χ3n) is 7.14. The molecular weight excluding hydrogens is 512 g/mol. The number of phenols is 1. The lowest BCUT2D eigenvalue weighted by molar-refractivity contribution is 0.102. The average molecular weight is 541 g/mol. The Morgan fingerprint density at radius 1 is 0.829 bits per heavy atom. The minimum Gasteiger partial charge on any atom is -0.508 e. The first-order valence-corrected chi connectivity index (χ1v) is 13.2. The Morgan fingerprint density at radius 3 is 2.32 bits per heavy atom. The Kier molecular flexibility index (Phi) is 6.83. The molecule has 1 amide bonds. The molecule has 0 spiro atoms. The summed E-state index contributed by atoms with van der Waals surface area (Å²) in [5.41, 5.74) is 6.69. The van der Waals surface area contributed by atoms with Gasteiger partial charge < -0.3 is 19.7 Å². The van der Waals surface area contributed by atoms with Crippen molar-refractivity contribution in [1.82, 2.24) is 9.13 Å². The first kappa shape index (κ1) is 25.7. The third kappa shape index (κ3) is 4.96. The SMILES string of the molecule is COc1cccc(C(=O)Nc2ccccc2-c2ccc(-n3c(=N)n(Cc4ccccc4O)c4ccccc43)cc2)c1. The van der Waals surface area contributed by atoms with Gasteiger partial charge in [-0.25, -0.2) is 0 Å². The number of benzene rings is 5. The zero-order chi connectivity index (χ0) is 28.3. The van der Waals surface area contributed by atoms with Crippen molar-refractivity contribution < 1.29 is 14.6 Å². The molecule has 6 rings (SSSR count). The predicted octanol–water partition coefficient (Wildman–Crippen LogP) is 6.59. The Balaban J connectivity index is 1.34. The van der Waals surface area contributed by atoms with Crippen LogP contribution in [0.5, 0.6) is 11.5 Å². The van der Waals surface area contributed by atoms with E-state index in [-0.39, 0.29) is 11.7 Å². The molecule has 0 bridgehead atoms. The second-order valence-corrected chi connectivity index (χ2v) is 9.64. The molecule has 0 atom stereocenters. The van der Waals surface area contributed by atoms with Crippen LogP contribution in [-0.2, 0) is 6.54 Å². The van der Waals surface area contributed by atoms with Gasteiger partial charge in [0.25, 0.3) is 5.91 Å². The number of hydrogen-bond acceptors (Lipinski definition) is 4. The number of carbonyl (C=O) groups excluding carboxylic acids is 1. The van der Waals surface area contributed by atoms with Gasteiger partial charge in [-0.2, -0.15) is 0 Å². The molecule has 0 aliphatic heterocycles. The highest BCUT2D eigenvalue weighted by Gasteiger charge is 2.15. The molecule has 0 unspecified atom stereocenters. The molecule has 1 heterocycles. The van der Waals surface area contributed by atoms with Crippen LogP contribution in [0.4, 0.5) is 5.69 Å². The molecule has 6 aromatic rings. The van der Waals surface area contributed by atoms with Gasteiger partial charge in [0.05, 0.1) is 24.7 Å². The number of para-hydroxylation sites is 4. The van der Waals surface area contributed by atoms with Crippen LogP contribution < -0.4 is 15.7 Å². The van der Waals surface area contributed by atoms with Gasteiger partial charge in [0, 0.05) is 28.1 Å². The standard InChI is InChI=1S/C34H28N4O3/c1-41-27-11-8-10-24(21-27)33(40)36-29-13-4-3-12-28(29)23-17-19-26(20-18-23)38-31-15-6-5-14-30(31)37(34(38)35)22-25-9-2-7-16-32(25)39/h2-21,35,39H,22H2,1H3,(H,36,40). The summed E-state index contributed by atoms with van der Waals surface area (Å²) in [5.74, 6) is 0.604. The number of aromatic hydroxyl groups is 1. The first-order valence-electron chi connectivity index (χ1n) is 13.2. The lowest BCUT2D eigenvalue weighted by atomic mass is 10.0. The van der Waals surface area contributed by atoms with Crippen molar-refractivity contribution in [3.63, 3.8) is 0 Å². The lowest BCUT2D eigenvalue weighted by Gasteiger charge is -2.13. The maximum absolute atomic E-state index is 13.0. The number of ether oxygens (including phenoxy) is 1. The Labute approximate surface area is 237 Å². The van der Waals surface area contributed by atoms with Crippen LogP contribution in [0.25, 0.3) is 27.8 Å². The minimum absolute atomic E-state index is 0.206. The number of methoxy groups -OCH3 is 1. The number of aromatic nitrogens is 2. The number of rotatable bonds is 7. The van der Waals surface area contributed by atoms with Crippen LogP contribution in [0.3, 0.4) is 0 Å². The van der Waals surface area contributed by atoms with Crippen molar-refractivity contribution in [2.24, 2.45) is 0 Å². The summed E-state index contributed by atoms with van der Waals surface area (Å²) in [6, 6.07) is 37.8. The molecule has 41 heavy (non-hydrogen) atoms. The van der Waals surface area contributed by atoms with E-state index in [4.69, 9.17) is 10.1 Å². The quantitative estimate of drug-likeness (QED) is 0.213. The molecule has 0 radical (unpaired) electrons. The molecule has 0 saturated heterocycles. The molecular formula is C34H28N4O3. The number of nitrogens with one attached hydrogen (secondary N) is 2. The van der Waals surface area contributed by atoms with Crippen LogP contribution in [0.1, 0.15) is 15.9 Å². The first-order chi connectivity index (χ1) is 20.0. The highest BCUT2D eigenvalue weighted by atomic mass is 16.5. The number of hydrogen-bond donors (Lipinski definition) is 3. The van der Waals surface area contributed by atoms with Crippen molar-refractivity contribution >= 4 is 22.6 Å². The van der Waals surface area contributed by atoms with Crippen LogP contribution >= 0.6 is 0 Å². The molecule has 5 aromatic carbocycles. The zero-order valence-corrected chi connectivity index (χ0v) is 22.4. The third-order valence-corrected chi connectivity index (χ3v) is 7.14. The smallest absolute Gasteiger partial charge is 0.255 e. The Morgan fingerprint density at radius 2 is 1.54 bits per heavy atom. The maximum Gasteiger partial charge on any atom is 0.255 e. The van der Waals surface area contributed by atoms with Gasteiger partial charge in [-0.15, -0.1) is 0 Å². The number of phenolic OH excluding ortho intramolecular Hbond substituents is 1. The van der Waals surface area contributed by atoms with E-state index in [0.717, 1.165) is 33.4 Å². The summed E-state index contributed by atoms with van der Waals surface area (Å²) < 4.78 is 9.05. The molecule has 7 heteroatoms. The van der Waals surface area contributed by atoms with Gasteiger partial charge in [-0.05, 0) is 60.2 Å². The fraction of sp³-hybridized carbons (Fsp3) is 0.0588. The van der Waals surface area contributed by atoms with E-state index in [1.54, 1.807) is 43.5 Å². The van der Waals surface area contributed by atoms with E-state index in [9.17, 15) is 9.90 Å². The van der Waals surface area contributed by atoms with Gasteiger partial charge in [0.2, 0.25) is 5.62 Å². The van der Waals surface area contributed by atoms with Crippen molar-refractivity contribution in [3.05, 3.63) is 138 Å². The number of nitrogens with zero attached hydrogens (tertiary/aromatic N) is 2. The number of anilines is 1. The molecule has 1 aromatic heterocycles. The van der Waals surface area contributed by atoms with Crippen molar-refractivity contribution in [3.8, 4) is 28.3 Å². The van der Waals surface area contributed by atoms with Gasteiger partial charge in [0.15, 0.2) is 0 Å². The van der Waals surface area contributed by atoms with E-state index >= 15 is 0 Å². The van der Waals surface area contributed by atoms with Crippen LogP contribution in [0.15, 0.2) is 121 Å². The summed E-state index contributed by atoms with van der Waals surface area (Å²) in [7, 11) is 1.57. The van der Waals surface area contributed by atoms with Gasteiger partial charge >= 0.3 is 0 Å². The summed E-state index contributed by atoms with van der Waals surface area (Å²) in [5, 5.41) is 22.4. The van der Waals surface area contributed by atoms with Gasteiger partial charge in [0.1, 0.15) is 11.5 Å². The molecule has 7 nitrogen and oxygen atoms in total.